The molecule has 0 fully saturated rings. The SMILES string of the molecule is Cc1ccc(S(=O)(=O)N(CC(=O)NCc2cccc(C)c2)c2ccc(C(C)C)cc2)cc1. The van der Waals surface area contributed by atoms with Gasteiger partial charge in [-0.3, -0.25) is 9.10 Å². The van der Waals surface area contributed by atoms with Gasteiger partial charge in [-0.15, -0.1) is 0 Å². The average Bonchev–Trinajstić information content (AvgIpc) is 2.76. The van der Waals surface area contributed by atoms with Gasteiger partial charge >= 0.3 is 0 Å². The van der Waals surface area contributed by atoms with Gasteiger partial charge in [0.2, 0.25) is 5.91 Å². The van der Waals surface area contributed by atoms with Gasteiger partial charge in [-0.05, 0) is 55.2 Å². The Kier molecular flexibility index (Phi) is 7.36. The number of nitrogens with one attached hydrogen (secondary N) is 1. The van der Waals surface area contributed by atoms with E-state index in [1.54, 1.807) is 36.4 Å². The zero-order valence-electron chi connectivity index (χ0n) is 19.0. The number of anilines is 1. The largest absolute Gasteiger partial charge is 0.350 e. The Morgan fingerprint density at radius 2 is 1.56 bits per heavy atom. The molecule has 1 N–H and O–H groups in total. The maximum Gasteiger partial charge on any atom is 0.264 e. The summed E-state index contributed by atoms with van der Waals surface area (Å²) in [7, 11) is -3.92. The van der Waals surface area contributed by atoms with E-state index >= 15 is 0 Å². The lowest BCUT2D eigenvalue weighted by atomic mass is 10.0. The average molecular weight is 451 g/mol. The Morgan fingerprint density at radius 3 is 2.16 bits per heavy atom. The van der Waals surface area contributed by atoms with Gasteiger partial charge in [0.1, 0.15) is 6.54 Å². The van der Waals surface area contributed by atoms with Crippen LogP contribution in [0.15, 0.2) is 77.7 Å². The van der Waals surface area contributed by atoms with Crippen LogP contribution in [-0.4, -0.2) is 20.9 Å². The van der Waals surface area contributed by atoms with Crippen molar-refractivity contribution in [3.8, 4) is 0 Å². The standard InChI is InChI=1S/C26H30N2O3S/c1-19(2)23-10-12-24(13-11-23)28(32(30,31)25-14-8-20(3)9-15-25)18-26(29)27-17-22-7-5-6-21(4)16-22/h5-16,19H,17-18H2,1-4H3,(H,27,29). The number of carbonyl (C=O) groups is 1. The monoisotopic (exact) mass is 450 g/mol. The van der Waals surface area contributed by atoms with Crippen LogP contribution in [0.4, 0.5) is 5.69 Å². The summed E-state index contributed by atoms with van der Waals surface area (Å²) in [4.78, 5) is 12.9. The van der Waals surface area contributed by atoms with Crippen LogP contribution >= 0.6 is 0 Å². The third-order valence-electron chi connectivity index (χ3n) is 5.32. The highest BCUT2D eigenvalue weighted by atomic mass is 32.2. The van der Waals surface area contributed by atoms with Crippen molar-refractivity contribution >= 4 is 21.6 Å². The number of aryl methyl sites for hydroxylation is 2. The molecule has 3 rings (SSSR count). The molecule has 0 aliphatic carbocycles. The number of benzene rings is 3. The Morgan fingerprint density at radius 1 is 0.906 bits per heavy atom. The lowest BCUT2D eigenvalue weighted by molar-refractivity contribution is -0.119. The Balaban J connectivity index is 1.87. The summed E-state index contributed by atoms with van der Waals surface area (Å²) >= 11 is 0. The third kappa shape index (κ3) is 5.77. The minimum absolute atomic E-state index is 0.155. The first-order valence-electron chi connectivity index (χ1n) is 10.7. The van der Waals surface area contributed by atoms with Crippen LogP contribution in [-0.2, 0) is 21.4 Å². The second kappa shape index (κ2) is 10.0. The van der Waals surface area contributed by atoms with E-state index in [1.165, 1.54) is 4.31 Å². The second-order valence-electron chi connectivity index (χ2n) is 8.34. The topological polar surface area (TPSA) is 66.5 Å². The summed E-state index contributed by atoms with van der Waals surface area (Å²) < 4.78 is 28.1. The third-order valence-corrected chi connectivity index (χ3v) is 7.10. The molecule has 32 heavy (non-hydrogen) atoms. The van der Waals surface area contributed by atoms with Crippen molar-refractivity contribution < 1.29 is 13.2 Å². The molecule has 168 valence electrons. The van der Waals surface area contributed by atoms with Crippen molar-refractivity contribution in [2.75, 3.05) is 10.8 Å². The van der Waals surface area contributed by atoms with Gasteiger partial charge in [-0.2, -0.15) is 0 Å². The minimum Gasteiger partial charge on any atom is -0.350 e. The smallest absolute Gasteiger partial charge is 0.264 e. The zero-order chi connectivity index (χ0) is 23.3. The second-order valence-corrected chi connectivity index (χ2v) is 10.2. The van der Waals surface area contributed by atoms with Crippen molar-refractivity contribution in [3.63, 3.8) is 0 Å². The van der Waals surface area contributed by atoms with E-state index < -0.39 is 10.0 Å². The fourth-order valence-electron chi connectivity index (χ4n) is 3.39. The van der Waals surface area contributed by atoms with Crippen LogP contribution in [0.5, 0.6) is 0 Å². The van der Waals surface area contributed by atoms with Gasteiger partial charge < -0.3 is 5.32 Å². The predicted molar refractivity (Wildman–Crippen MR) is 129 cm³/mol. The van der Waals surface area contributed by atoms with Crippen LogP contribution in [0, 0.1) is 13.8 Å². The first-order chi connectivity index (χ1) is 15.2. The highest BCUT2D eigenvalue weighted by molar-refractivity contribution is 7.92. The number of carbonyl (C=O) groups excluding carboxylic acids is 1. The molecule has 3 aromatic rings. The first kappa shape index (κ1) is 23.5. The maximum absolute atomic E-state index is 13.5. The molecule has 0 aliphatic rings. The molecule has 0 spiro atoms. The number of rotatable bonds is 8. The van der Waals surface area contributed by atoms with Crippen LogP contribution in [0.2, 0.25) is 0 Å². The number of nitrogens with zero attached hydrogens (tertiary/aromatic N) is 1. The van der Waals surface area contributed by atoms with E-state index in [4.69, 9.17) is 0 Å². The van der Waals surface area contributed by atoms with Crippen molar-refractivity contribution in [2.24, 2.45) is 0 Å². The van der Waals surface area contributed by atoms with Gasteiger partial charge in [0.15, 0.2) is 0 Å². The van der Waals surface area contributed by atoms with Crippen LogP contribution in [0.25, 0.3) is 0 Å². The molecular weight excluding hydrogens is 420 g/mol. The van der Waals surface area contributed by atoms with E-state index in [9.17, 15) is 13.2 Å². The summed E-state index contributed by atoms with van der Waals surface area (Å²) in [5.74, 6) is -0.0426. The van der Waals surface area contributed by atoms with E-state index in [2.05, 4.69) is 19.2 Å². The maximum atomic E-state index is 13.5. The summed E-state index contributed by atoms with van der Waals surface area (Å²) in [5.41, 5.74) is 4.59. The first-order valence-corrected chi connectivity index (χ1v) is 12.1. The lowest BCUT2D eigenvalue weighted by Crippen LogP contribution is -2.40. The van der Waals surface area contributed by atoms with Gasteiger partial charge in [-0.1, -0.05) is 73.5 Å². The Hall–Kier alpha value is -3.12. The molecule has 6 heteroatoms. The molecule has 0 heterocycles. The van der Waals surface area contributed by atoms with E-state index in [-0.39, 0.29) is 17.3 Å². The molecule has 3 aromatic carbocycles. The molecule has 0 saturated carbocycles. The van der Waals surface area contributed by atoms with Gasteiger partial charge in [0.05, 0.1) is 10.6 Å². The number of hydrogen-bond acceptors (Lipinski definition) is 3. The molecule has 5 nitrogen and oxygen atoms in total. The zero-order valence-corrected chi connectivity index (χ0v) is 19.8. The minimum atomic E-state index is -3.92. The van der Waals surface area contributed by atoms with Crippen molar-refractivity contribution in [1.29, 1.82) is 0 Å². The highest BCUT2D eigenvalue weighted by Crippen LogP contribution is 2.26. The van der Waals surface area contributed by atoms with E-state index in [0.29, 0.717) is 18.2 Å². The quantitative estimate of drug-likeness (QED) is 0.529. The van der Waals surface area contributed by atoms with Gasteiger partial charge in [0.25, 0.3) is 10.0 Å². The van der Waals surface area contributed by atoms with Crippen molar-refractivity contribution in [1.82, 2.24) is 5.32 Å². The van der Waals surface area contributed by atoms with Crippen LogP contribution in [0.1, 0.15) is 42.0 Å². The van der Waals surface area contributed by atoms with Gasteiger partial charge in [0, 0.05) is 6.54 Å². The number of sulfonamides is 1. The van der Waals surface area contributed by atoms with E-state index in [0.717, 1.165) is 22.3 Å². The molecular formula is C26H30N2O3S. The summed E-state index contributed by atoms with van der Waals surface area (Å²) in [6.45, 7) is 8.08. The van der Waals surface area contributed by atoms with Crippen LogP contribution < -0.4 is 9.62 Å². The predicted octanol–water partition coefficient (Wildman–Crippen LogP) is 4.94. The molecule has 0 unspecified atom stereocenters. The summed E-state index contributed by atoms with van der Waals surface area (Å²) in [6.07, 6.45) is 0. The number of hydrogen-bond donors (Lipinski definition) is 1. The van der Waals surface area contributed by atoms with Crippen molar-refractivity contribution in [2.45, 2.75) is 45.1 Å². The molecule has 0 aromatic heterocycles. The molecule has 0 bridgehead atoms. The Labute approximate surface area is 191 Å². The number of amides is 1. The molecule has 0 radical (unpaired) electrons. The molecule has 0 saturated heterocycles. The highest BCUT2D eigenvalue weighted by Gasteiger charge is 2.27. The Bertz CT molecular complexity index is 1170. The fourth-order valence-corrected chi connectivity index (χ4v) is 4.81. The lowest BCUT2D eigenvalue weighted by Gasteiger charge is -2.24. The van der Waals surface area contributed by atoms with Gasteiger partial charge in [-0.25, -0.2) is 8.42 Å². The van der Waals surface area contributed by atoms with Crippen LogP contribution in [0.3, 0.4) is 0 Å². The molecule has 1 amide bonds. The fraction of sp³-hybridized carbons (Fsp3) is 0.269. The van der Waals surface area contributed by atoms with E-state index in [1.807, 2.05) is 50.2 Å². The van der Waals surface area contributed by atoms with Crippen molar-refractivity contribution in [3.05, 3.63) is 95.1 Å². The normalized spacial score (nSPS) is 11.4. The molecule has 0 aliphatic heterocycles. The summed E-state index contributed by atoms with van der Waals surface area (Å²) in [5, 5.41) is 2.84. The molecule has 0 atom stereocenters. The summed E-state index contributed by atoms with van der Waals surface area (Å²) in [6, 6.07) is 21.8.